The molecule has 3 aromatic rings. The monoisotopic (exact) mass is 477 g/mol. The number of rotatable bonds is 10. The molecule has 0 heterocycles. The minimum atomic E-state index is -1.04. The second-order valence-electron chi connectivity index (χ2n) is 7.27. The maximum absolute atomic E-state index is 13.2. The van der Waals surface area contributed by atoms with Crippen molar-refractivity contribution in [1.82, 2.24) is 0 Å². The Hall–Kier alpha value is -4.11. The molecule has 0 fully saturated rings. The van der Waals surface area contributed by atoms with Crippen LogP contribution in [0.3, 0.4) is 0 Å². The molecule has 0 saturated carbocycles. The van der Waals surface area contributed by atoms with Gasteiger partial charge in [-0.15, -0.1) is 11.8 Å². The Morgan fingerprint density at radius 2 is 1.47 bits per heavy atom. The third-order valence-electron chi connectivity index (χ3n) is 4.75. The van der Waals surface area contributed by atoms with E-state index in [1.807, 2.05) is 30.3 Å². The van der Waals surface area contributed by atoms with Crippen LogP contribution in [0.1, 0.15) is 34.0 Å². The topological polar surface area (TPSA) is 139 Å². The first kappa shape index (κ1) is 24.5. The van der Waals surface area contributed by atoms with Gasteiger partial charge in [-0.3, -0.25) is 19.2 Å². The van der Waals surface area contributed by atoms with Gasteiger partial charge >= 0.3 is 5.97 Å². The number of nitrogens with two attached hydrogens (primary N) is 1. The van der Waals surface area contributed by atoms with Gasteiger partial charge in [-0.2, -0.15) is 0 Å². The van der Waals surface area contributed by atoms with Crippen LogP contribution in [0.2, 0.25) is 0 Å². The Labute approximate surface area is 200 Å². The third-order valence-corrected chi connectivity index (χ3v) is 6.02. The van der Waals surface area contributed by atoms with E-state index in [0.29, 0.717) is 11.4 Å². The van der Waals surface area contributed by atoms with Gasteiger partial charge in [-0.1, -0.05) is 42.5 Å². The molecule has 0 bridgehead atoms. The normalized spacial score (nSPS) is 11.3. The first-order chi connectivity index (χ1) is 16.3. The third kappa shape index (κ3) is 6.94. The average molecular weight is 478 g/mol. The van der Waals surface area contributed by atoms with Gasteiger partial charge in [0.15, 0.2) is 0 Å². The van der Waals surface area contributed by atoms with Gasteiger partial charge in [0, 0.05) is 17.0 Å². The number of carbonyl (C=O) groups is 4. The zero-order valence-corrected chi connectivity index (χ0v) is 18.9. The first-order valence-electron chi connectivity index (χ1n) is 10.4. The molecule has 9 heteroatoms. The largest absolute Gasteiger partial charge is 0.481 e. The number of thioether (sulfide) groups is 1. The van der Waals surface area contributed by atoms with Crippen LogP contribution in [0.15, 0.2) is 83.8 Å². The van der Waals surface area contributed by atoms with Crippen LogP contribution >= 0.6 is 11.8 Å². The molecule has 3 aromatic carbocycles. The lowest BCUT2D eigenvalue weighted by Gasteiger charge is -2.18. The van der Waals surface area contributed by atoms with Gasteiger partial charge < -0.3 is 21.5 Å². The number of primary amides is 1. The van der Waals surface area contributed by atoms with Crippen molar-refractivity contribution in [2.24, 2.45) is 5.73 Å². The summed E-state index contributed by atoms with van der Waals surface area (Å²) in [6.45, 7) is 0. The summed E-state index contributed by atoms with van der Waals surface area (Å²) in [4.78, 5) is 48.2. The SMILES string of the molecule is NC(=O)c1ccccc1NC(=O)C(Sc1ccc(NC(=O)CCC(=O)O)cc1)c1ccccc1. The minimum absolute atomic E-state index is 0.116. The van der Waals surface area contributed by atoms with Gasteiger partial charge in [0.05, 0.1) is 17.7 Å². The maximum atomic E-state index is 13.2. The lowest BCUT2D eigenvalue weighted by molar-refractivity contribution is -0.138. The Balaban J connectivity index is 1.76. The zero-order valence-electron chi connectivity index (χ0n) is 18.1. The van der Waals surface area contributed by atoms with Gasteiger partial charge in [0.25, 0.3) is 5.91 Å². The number of anilines is 2. The summed E-state index contributed by atoms with van der Waals surface area (Å²) in [6.07, 6.45) is -0.360. The molecule has 34 heavy (non-hydrogen) atoms. The second kappa shape index (κ2) is 11.7. The van der Waals surface area contributed by atoms with E-state index in [1.165, 1.54) is 11.8 Å². The average Bonchev–Trinajstić information content (AvgIpc) is 2.83. The molecule has 0 aliphatic rings. The molecule has 0 saturated heterocycles. The highest BCUT2D eigenvalue weighted by Crippen LogP contribution is 2.37. The van der Waals surface area contributed by atoms with Gasteiger partial charge in [0.2, 0.25) is 11.8 Å². The number of hydrogen-bond acceptors (Lipinski definition) is 5. The maximum Gasteiger partial charge on any atom is 0.303 e. The van der Waals surface area contributed by atoms with Crippen molar-refractivity contribution in [3.05, 3.63) is 90.0 Å². The fourth-order valence-corrected chi connectivity index (χ4v) is 4.13. The standard InChI is InChI=1S/C25H23N3O5S/c26-24(32)19-8-4-5-9-20(19)28-25(33)23(16-6-2-1-3-7-16)34-18-12-10-17(11-13-18)27-21(29)14-15-22(30)31/h1-13,23H,14-15H2,(H2,26,32)(H,27,29)(H,28,33)(H,30,31). The number of aliphatic carboxylic acids is 1. The molecule has 8 nitrogen and oxygen atoms in total. The quantitative estimate of drug-likeness (QED) is 0.325. The highest BCUT2D eigenvalue weighted by molar-refractivity contribution is 8.00. The molecular weight excluding hydrogens is 454 g/mol. The van der Waals surface area contributed by atoms with E-state index in [4.69, 9.17) is 10.8 Å². The van der Waals surface area contributed by atoms with E-state index in [9.17, 15) is 19.2 Å². The Kier molecular flexibility index (Phi) is 8.42. The fraction of sp³-hybridized carbons (Fsp3) is 0.120. The first-order valence-corrected chi connectivity index (χ1v) is 11.2. The summed E-state index contributed by atoms with van der Waals surface area (Å²) in [7, 11) is 0. The van der Waals surface area contributed by atoms with Crippen LogP contribution < -0.4 is 16.4 Å². The van der Waals surface area contributed by atoms with E-state index in [0.717, 1.165) is 10.5 Å². The van der Waals surface area contributed by atoms with E-state index in [2.05, 4.69) is 10.6 Å². The highest BCUT2D eigenvalue weighted by Gasteiger charge is 2.23. The van der Waals surface area contributed by atoms with Gasteiger partial charge in [0.1, 0.15) is 5.25 Å². The molecule has 0 radical (unpaired) electrons. The zero-order chi connectivity index (χ0) is 24.5. The van der Waals surface area contributed by atoms with Crippen molar-refractivity contribution < 1.29 is 24.3 Å². The van der Waals surface area contributed by atoms with E-state index < -0.39 is 23.0 Å². The van der Waals surface area contributed by atoms with Gasteiger partial charge in [-0.05, 0) is 42.0 Å². The molecule has 0 aliphatic carbocycles. The summed E-state index contributed by atoms with van der Waals surface area (Å²) in [6, 6.07) is 22.6. The second-order valence-corrected chi connectivity index (χ2v) is 8.45. The summed E-state index contributed by atoms with van der Waals surface area (Å²) in [5.41, 5.74) is 7.28. The Morgan fingerprint density at radius 3 is 2.12 bits per heavy atom. The molecule has 174 valence electrons. The van der Waals surface area contributed by atoms with Crippen LogP contribution in [0.5, 0.6) is 0 Å². The lowest BCUT2D eigenvalue weighted by Crippen LogP contribution is -2.22. The molecular formula is C25H23N3O5S. The number of nitrogens with one attached hydrogen (secondary N) is 2. The fourth-order valence-electron chi connectivity index (χ4n) is 3.10. The van der Waals surface area contributed by atoms with Crippen LogP contribution in [-0.2, 0) is 14.4 Å². The van der Waals surface area contributed by atoms with Crippen molar-refractivity contribution in [2.45, 2.75) is 23.0 Å². The number of carboxylic acids is 1. The molecule has 3 rings (SSSR count). The van der Waals surface area contributed by atoms with E-state index in [-0.39, 0.29) is 24.3 Å². The summed E-state index contributed by atoms with van der Waals surface area (Å²) < 4.78 is 0. The minimum Gasteiger partial charge on any atom is -0.481 e. The van der Waals surface area contributed by atoms with Crippen molar-refractivity contribution in [2.75, 3.05) is 10.6 Å². The van der Waals surface area contributed by atoms with Crippen LogP contribution in [-0.4, -0.2) is 28.8 Å². The number of para-hydroxylation sites is 1. The smallest absolute Gasteiger partial charge is 0.303 e. The van der Waals surface area contributed by atoms with E-state index >= 15 is 0 Å². The number of hydrogen-bond donors (Lipinski definition) is 4. The van der Waals surface area contributed by atoms with Crippen LogP contribution in [0, 0.1) is 0 Å². The molecule has 0 spiro atoms. The Morgan fingerprint density at radius 1 is 0.824 bits per heavy atom. The lowest BCUT2D eigenvalue weighted by atomic mass is 10.1. The number of carbonyl (C=O) groups excluding carboxylic acids is 3. The predicted octanol–water partition coefficient (Wildman–Crippen LogP) is 4.06. The summed E-state index contributed by atoms with van der Waals surface area (Å²) in [5, 5.41) is 13.5. The van der Waals surface area contributed by atoms with Crippen molar-refractivity contribution in [3.63, 3.8) is 0 Å². The summed E-state index contributed by atoms with van der Waals surface area (Å²) >= 11 is 1.31. The van der Waals surface area contributed by atoms with Crippen molar-refractivity contribution in [3.8, 4) is 0 Å². The van der Waals surface area contributed by atoms with Crippen molar-refractivity contribution >= 4 is 46.8 Å². The molecule has 0 aromatic heterocycles. The highest BCUT2D eigenvalue weighted by atomic mass is 32.2. The Bertz CT molecular complexity index is 1180. The number of carboxylic acid groups (broad SMARTS) is 1. The van der Waals surface area contributed by atoms with Gasteiger partial charge in [-0.25, -0.2) is 0 Å². The molecule has 3 amide bonds. The van der Waals surface area contributed by atoms with Crippen LogP contribution in [0.25, 0.3) is 0 Å². The molecule has 0 aliphatic heterocycles. The number of amides is 3. The summed E-state index contributed by atoms with van der Waals surface area (Å²) in [5.74, 6) is -2.39. The molecule has 5 N–H and O–H groups in total. The predicted molar refractivity (Wildman–Crippen MR) is 131 cm³/mol. The van der Waals surface area contributed by atoms with Crippen LogP contribution in [0.4, 0.5) is 11.4 Å². The van der Waals surface area contributed by atoms with E-state index in [1.54, 1.807) is 48.5 Å². The van der Waals surface area contributed by atoms with Crippen molar-refractivity contribution in [1.29, 1.82) is 0 Å². The molecule has 1 unspecified atom stereocenters. The number of benzene rings is 3. The molecule has 1 atom stereocenters.